The summed E-state index contributed by atoms with van der Waals surface area (Å²) in [4.78, 5) is 29.5. The van der Waals surface area contributed by atoms with E-state index >= 15 is 0 Å². The number of carbonyl (C=O) groups excluding carboxylic acids is 2. The Morgan fingerprint density at radius 1 is 1.06 bits per heavy atom. The fourth-order valence-corrected chi connectivity index (χ4v) is 3.04. The molecule has 1 N–H and O–H groups in total. The summed E-state index contributed by atoms with van der Waals surface area (Å²) >= 11 is 0. The number of nitrogens with zero attached hydrogens (tertiary/aromatic N) is 1. The van der Waals surface area contributed by atoms with Crippen LogP contribution in [0.15, 0.2) is 48.7 Å². The van der Waals surface area contributed by atoms with Crippen molar-refractivity contribution in [3.05, 3.63) is 59.9 Å². The summed E-state index contributed by atoms with van der Waals surface area (Å²) in [7, 11) is 0. The number of amides is 1. The van der Waals surface area contributed by atoms with Gasteiger partial charge in [-0.05, 0) is 51.8 Å². The number of hydrogen-bond donors (Lipinski definition) is 1. The van der Waals surface area contributed by atoms with Crippen LogP contribution in [0.5, 0.6) is 5.75 Å². The highest BCUT2D eigenvalue weighted by atomic mass is 19.4. The van der Waals surface area contributed by atoms with Crippen LogP contribution in [-0.4, -0.2) is 35.2 Å². The van der Waals surface area contributed by atoms with Crippen molar-refractivity contribution in [2.45, 2.75) is 58.4 Å². The van der Waals surface area contributed by atoms with E-state index in [-0.39, 0.29) is 18.1 Å². The van der Waals surface area contributed by atoms with Crippen molar-refractivity contribution in [2.24, 2.45) is 5.92 Å². The lowest BCUT2D eigenvalue weighted by atomic mass is 9.94. The molecule has 0 aliphatic rings. The highest BCUT2D eigenvalue weighted by Crippen LogP contribution is 2.21. The van der Waals surface area contributed by atoms with Crippen molar-refractivity contribution in [3.8, 4) is 5.75 Å². The van der Waals surface area contributed by atoms with Crippen molar-refractivity contribution in [1.29, 1.82) is 0 Å². The van der Waals surface area contributed by atoms with Gasteiger partial charge in [0, 0.05) is 0 Å². The average Bonchev–Trinajstić information content (AvgIpc) is 2.71. The molecular weight excluding hydrogens is 437 g/mol. The van der Waals surface area contributed by atoms with Gasteiger partial charge < -0.3 is 14.8 Å². The smallest absolute Gasteiger partial charge is 0.422 e. The van der Waals surface area contributed by atoms with E-state index in [9.17, 15) is 22.8 Å². The molecule has 1 aromatic carbocycles. The molecule has 0 fully saturated rings. The van der Waals surface area contributed by atoms with Crippen LogP contribution in [-0.2, 0) is 20.7 Å². The van der Waals surface area contributed by atoms with Gasteiger partial charge in [-0.25, -0.2) is 0 Å². The lowest BCUT2D eigenvalue weighted by Gasteiger charge is -2.23. The van der Waals surface area contributed by atoms with Gasteiger partial charge in [0.15, 0.2) is 6.61 Å². The molecule has 1 aromatic heterocycles. The van der Waals surface area contributed by atoms with Gasteiger partial charge in [0.2, 0.25) is 5.91 Å². The Balaban J connectivity index is 2.06. The monoisotopic (exact) mass is 466 g/mol. The van der Waals surface area contributed by atoms with Gasteiger partial charge in [0.05, 0.1) is 30.3 Å². The average molecular weight is 467 g/mol. The quantitative estimate of drug-likeness (QED) is 0.538. The number of nitrogens with one attached hydrogen (secondary N) is 1. The minimum Gasteiger partial charge on any atom is -0.483 e. The van der Waals surface area contributed by atoms with Crippen LogP contribution in [0.2, 0.25) is 0 Å². The topological polar surface area (TPSA) is 77.5 Å². The fraction of sp³-hybridized carbons (Fsp3) is 0.458. The van der Waals surface area contributed by atoms with Gasteiger partial charge in [-0.15, -0.1) is 0 Å². The first-order chi connectivity index (χ1) is 15.3. The number of ether oxygens (including phenoxy) is 2. The Labute approximate surface area is 191 Å². The molecule has 33 heavy (non-hydrogen) atoms. The Morgan fingerprint density at radius 2 is 1.73 bits per heavy atom. The molecule has 1 amide bonds. The van der Waals surface area contributed by atoms with Crippen molar-refractivity contribution < 1.29 is 32.2 Å². The van der Waals surface area contributed by atoms with Gasteiger partial charge >= 0.3 is 12.1 Å². The normalized spacial score (nSPS) is 13.7. The Kier molecular flexibility index (Phi) is 8.84. The van der Waals surface area contributed by atoms with Crippen molar-refractivity contribution in [3.63, 3.8) is 0 Å². The molecule has 0 radical (unpaired) electrons. The molecule has 0 aliphatic heterocycles. The summed E-state index contributed by atoms with van der Waals surface area (Å²) in [5, 5.41) is 2.83. The number of carbonyl (C=O) groups is 2. The maximum absolute atomic E-state index is 13.0. The van der Waals surface area contributed by atoms with Crippen LogP contribution in [0, 0.1) is 5.92 Å². The first-order valence-electron chi connectivity index (χ1n) is 10.5. The molecule has 0 spiro atoms. The highest BCUT2D eigenvalue weighted by Gasteiger charge is 2.29. The molecular formula is C24H29F3N2O4. The van der Waals surface area contributed by atoms with Crippen LogP contribution >= 0.6 is 0 Å². The molecule has 2 rings (SSSR count). The van der Waals surface area contributed by atoms with Crippen molar-refractivity contribution in [1.82, 2.24) is 10.3 Å². The number of alkyl halides is 3. The molecule has 6 nitrogen and oxygen atoms in total. The standard InChI is InChI=1S/C24H29F3N2O4/c1-16(20-11-10-19(14-28-20)32-15-24(25,26)27)29-22(31)18(12-17-8-6-5-7-9-17)13-21(30)33-23(2,3)4/h5-11,14,16,18H,12-13,15H2,1-4H3,(H,29,31)/t16-,18+/m1/s1. The van der Waals surface area contributed by atoms with E-state index in [1.54, 1.807) is 27.7 Å². The number of halogens is 3. The zero-order valence-corrected chi connectivity index (χ0v) is 19.1. The summed E-state index contributed by atoms with van der Waals surface area (Å²) in [6.45, 7) is 5.56. The number of pyridine rings is 1. The minimum atomic E-state index is -4.44. The first-order valence-corrected chi connectivity index (χ1v) is 10.5. The van der Waals surface area contributed by atoms with E-state index in [0.29, 0.717) is 12.1 Å². The molecule has 1 heterocycles. The van der Waals surface area contributed by atoms with Crippen LogP contribution in [0.1, 0.15) is 51.4 Å². The molecule has 180 valence electrons. The molecule has 0 unspecified atom stereocenters. The Bertz CT molecular complexity index is 910. The van der Waals surface area contributed by atoms with Crippen LogP contribution in [0.25, 0.3) is 0 Å². The fourth-order valence-electron chi connectivity index (χ4n) is 3.04. The molecule has 0 saturated carbocycles. The van der Waals surface area contributed by atoms with Gasteiger partial charge in [-0.2, -0.15) is 13.2 Å². The number of rotatable bonds is 9. The van der Waals surface area contributed by atoms with Gasteiger partial charge in [0.25, 0.3) is 0 Å². The second kappa shape index (κ2) is 11.2. The summed E-state index contributed by atoms with van der Waals surface area (Å²) in [5.41, 5.74) is 0.675. The lowest BCUT2D eigenvalue weighted by molar-refractivity contribution is -0.157. The predicted molar refractivity (Wildman–Crippen MR) is 116 cm³/mol. The van der Waals surface area contributed by atoms with Crippen LogP contribution in [0.3, 0.4) is 0 Å². The molecule has 0 bridgehead atoms. The number of hydrogen-bond acceptors (Lipinski definition) is 5. The van der Waals surface area contributed by atoms with E-state index in [2.05, 4.69) is 15.0 Å². The number of benzene rings is 1. The largest absolute Gasteiger partial charge is 0.483 e. The second-order valence-electron chi connectivity index (χ2n) is 8.73. The predicted octanol–water partition coefficient (Wildman–Crippen LogP) is 4.79. The zero-order chi connectivity index (χ0) is 24.6. The SMILES string of the molecule is C[C@@H](NC(=O)[C@H](CC(=O)OC(C)(C)C)Cc1ccccc1)c1ccc(OCC(F)(F)F)cn1. The van der Waals surface area contributed by atoms with E-state index in [1.165, 1.54) is 18.3 Å². The first kappa shape index (κ1) is 26.2. The van der Waals surface area contributed by atoms with E-state index in [0.717, 1.165) is 5.56 Å². The number of esters is 1. The molecule has 2 atom stereocenters. The second-order valence-corrected chi connectivity index (χ2v) is 8.73. The van der Waals surface area contributed by atoms with Crippen molar-refractivity contribution in [2.75, 3.05) is 6.61 Å². The molecule has 9 heteroatoms. The third kappa shape index (κ3) is 9.93. The molecule has 0 saturated heterocycles. The highest BCUT2D eigenvalue weighted by molar-refractivity contribution is 5.84. The van der Waals surface area contributed by atoms with E-state index < -0.39 is 36.3 Å². The zero-order valence-electron chi connectivity index (χ0n) is 19.1. The van der Waals surface area contributed by atoms with E-state index in [1.807, 2.05) is 30.3 Å². The van der Waals surface area contributed by atoms with Crippen LogP contribution in [0.4, 0.5) is 13.2 Å². The van der Waals surface area contributed by atoms with Gasteiger partial charge in [0.1, 0.15) is 11.4 Å². The maximum Gasteiger partial charge on any atom is 0.422 e. The van der Waals surface area contributed by atoms with Gasteiger partial charge in [-0.3, -0.25) is 14.6 Å². The maximum atomic E-state index is 13.0. The van der Waals surface area contributed by atoms with Gasteiger partial charge in [-0.1, -0.05) is 30.3 Å². The summed E-state index contributed by atoms with van der Waals surface area (Å²) < 4.78 is 46.9. The summed E-state index contributed by atoms with van der Waals surface area (Å²) in [6, 6.07) is 11.6. The number of aromatic nitrogens is 1. The third-order valence-electron chi connectivity index (χ3n) is 4.49. The van der Waals surface area contributed by atoms with E-state index in [4.69, 9.17) is 4.74 Å². The minimum absolute atomic E-state index is 0.0264. The summed E-state index contributed by atoms with van der Waals surface area (Å²) in [6.07, 6.45) is -3.02. The Morgan fingerprint density at radius 3 is 2.27 bits per heavy atom. The lowest BCUT2D eigenvalue weighted by Crippen LogP contribution is -2.36. The molecule has 2 aromatic rings. The van der Waals surface area contributed by atoms with Crippen LogP contribution < -0.4 is 10.1 Å². The Hall–Kier alpha value is -3.10. The summed E-state index contributed by atoms with van der Waals surface area (Å²) in [5.74, 6) is -1.52. The third-order valence-corrected chi connectivity index (χ3v) is 4.49. The van der Waals surface area contributed by atoms with Crippen molar-refractivity contribution >= 4 is 11.9 Å². The molecule has 0 aliphatic carbocycles.